The number of aromatic nitrogens is 5. The highest BCUT2D eigenvalue weighted by atomic mass is 35.5. The third kappa shape index (κ3) is 3.29. The molecule has 7 nitrogen and oxygen atoms in total. The Labute approximate surface area is 176 Å². The normalized spacial score (nSPS) is 11.3. The number of nitrogens with zero attached hydrogens (tertiary/aromatic N) is 5. The monoisotopic (exact) mass is 417 g/mol. The van der Waals surface area contributed by atoms with Crippen LogP contribution in [0.2, 0.25) is 5.02 Å². The van der Waals surface area contributed by atoms with E-state index in [1.54, 1.807) is 35.1 Å². The summed E-state index contributed by atoms with van der Waals surface area (Å²) in [5, 5.41) is 9.12. The summed E-state index contributed by atoms with van der Waals surface area (Å²) in [7, 11) is 0. The largest absolute Gasteiger partial charge is 0.337 e. The van der Waals surface area contributed by atoms with Gasteiger partial charge >= 0.3 is 0 Å². The van der Waals surface area contributed by atoms with Gasteiger partial charge in [0.15, 0.2) is 0 Å². The molecule has 5 aromatic rings. The standard InChI is InChI=1S/C22H16ClN5O2/c1-14-5-2-3-8-17(14)18-12-19-22(29)27(9-10-28(19)25-18)13-20-24-21(26-30-20)15-6-4-7-16(23)11-15/h2-12H,13H2,1H3. The highest BCUT2D eigenvalue weighted by molar-refractivity contribution is 6.30. The predicted octanol–water partition coefficient (Wildman–Crippen LogP) is 4.22. The minimum Gasteiger partial charge on any atom is -0.337 e. The van der Waals surface area contributed by atoms with Crippen molar-refractivity contribution < 1.29 is 4.52 Å². The Morgan fingerprint density at radius 1 is 1.07 bits per heavy atom. The molecular weight excluding hydrogens is 402 g/mol. The summed E-state index contributed by atoms with van der Waals surface area (Å²) in [6.45, 7) is 2.18. The van der Waals surface area contributed by atoms with Crippen molar-refractivity contribution >= 4 is 17.1 Å². The number of hydrogen-bond donors (Lipinski definition) is 0. The highest BCUT2D eigenvalue weighted by Gasteiger charge is 2.14. The second-order valence-corrected chi connectivity index (χ2v) is 7.36. The molecule has 0 N–H and O–H groups in total. The zero-order valence-corrected chi connectivity index (χ0v) is 16.7. The van der Waals surface area contributed by atoms with Crippen LogP contribution in [0.1, 0.15) is 11.5 Å². The van der Waals surface area contributed by atoms with Gasteiger partial charge in [-0.25, -0.2) is 4.52 Å². The van der Waals surface area contributed by atoms with E-state index in [1.807, 2.05) is 43.3 Å². The van der Waals surface area contributed by atoms with Gasteiger partial charge in [0.1, 0.15) is 12.1 Å². The molecule has 0 spiro atoms. The first-order valence-electron chi connectivity index (χ1n) is 9.32. The second kappa shape index (κ2) is 7.27. The smallest absolute Gasteiger partial charge is 0.277 e. The molecule has 0 saturated carbocycles. The molecule has 148 valence electrons. The number of halogens is 1. The SMILES string of the molecule is Cc1ccccc1-c1cc2c(=O)n(Cc3nc(-c4cccc(Cl)c4)no3)ccn2n1. The number of rotatable bonds is 4. The molecular formula is C22H16ClN5O2. The van der Waals surface area contributed by atoms with Crippen LogP contribution in [0.5, 0.6) is 0 Å². The Morgan fingerprint density at radius 3 is 2.77 bits per heavy atom. The molecule has 0 amide bonds. The maximum absolute atomic E-state index is 13.0. The topological polar surface area (TPSA) is 78.2 Å². The molecule has 0 aliphatic rings. The Kier molecular flexibility index (Phi) is 4.44. The third-order valence-electron chi connectivity index (χ3n) is 4.88. The van der Waals surface area contributed by atoms with Crippen LogP contribution in [-0.2, 0) is 6.54 Å². The van der Waals surface area contributed by atoms with Gasteiger partial charge in [0.25, 0.3) is 5.56 Å². The summed E-state index contributed by atoms with van der Waals surface area (Å²) in [5.41, 5.74) is 3.89. The van der Waals surface area contributed by atoms with Crippen molar-refractivity contribution in [2.45, 2.75) is 13.5 Å². The van der Waals surface area contributed by atoms with Gasteiger partial charge in [-0.15, -0.1) is 0 Å². The van der Waals surface area contributed by atoms with E-state index in [0.29, 0.717) is 22.3 Å². The highest BCUT2D eigenvalue weighted by Crippen LogP contribution is 2.22. The van der Waals surface area contributed by atoms with E-state index in [1.165, 1.54) is 4.57 Å². The Bertz CT molecular complexity index is 1430. The van der Waals surface area contributed by atoms with Gasteiger partial charge in [-0.3, -0.25) is 4.79 Å². The summed E-state index contributed by atoms with van der Waals surface area (Å²) >= 11 is 6.02. The van der Waals surface area contributed by atoms with Crippen LogP contribution in [0.3, 0.4) is 0 Å². The van der Waals surface area contributed by atoms with Crippen LogP contribution in [0.25, 0.3) is 28.2 Å². The molecule has 0 aliphatic carbocycles. The van der Waals surface area contributed by atoms with Crippen LogP contribution in [0, 0.1) is 6.92 Å². The first-order chi connectivity index (χ1) is 14.6. The molecule has 0 radical (unpaired) electrons. The van der Waals surface area contributed by atoms with E-state index in [9.17, 15) is 4.79 Å². The summed E-state index contributed by atoms with van der Waals surface area (Å²) in [4.78, 5) is 17.4. The van der Waals surface area contributed by atoms with Gasteiger partial charge in [-0.2, -0.15) is 10.1 Å². The van der Waals surface area contributed by atoms with E-state index in [-0.39, 0.29) is 12.1 Å². The summed E-state index contributed by atoms with van der Waals surface area (Å²) in [5.74, 6) is 0.753. The first-order valence-corrected chi connectivity index (χ1v) is 9.69. The van der Waals surface area contributed by atoms with Gasteiger partial charge in [0.2, 0.25) is 11.7 Å². The Balaban J connectivity index is 1.48. The molecule has 0 unspecified atom stereocenters. The summed E-state index contributed by atoms with van der Waals surface area (Å²) < 4.78 is 8.44. The number of benzene rings is 2. The average Bonchev–Trinajstić information content (AvgIpc) is 3.38. The lowest BCUT2D eigenvalue weighted by atomic mass is 10.1. The Hall–Kier alpha value is -3.71. The number of aryl methyl sites for hydroxylation is 1. The van der Waals surface area contributed by atoms with Crippen LogP contribution in [-0.4, -0.2) is 24.3 Å². The van der Waals surface area contributed by atoms with E-state index < -0.39 is 0 Å². The average molecular weight is 418 g/mol. The maximum Gasteiger partial charge on any atom is 0.277 e. The molecule has 0 bridgehead atoms. The molecule has 0 fully saturated rings. The predicted molar refractivity (Wildman–Crippen MR) is 113 cm³/mol. The van der Waals surface area contributed by atoms with Gasteiger partial charge < -0.3 is 9.09 Å². The molecule has 5 rings (SSSR count). The van der Waals surface area contributed by atoms with Crippen molar-refractivity contribution in [3.8, 4) is 22.6 Å². The first kappa shape index (κ1) is 18.3. The van der Waals surface area contributed by atoms with Gasteiger partial charge in [-0.05, 0) is 30.7 Å². The zero-order chi connectivity index (χ0) is 20.7. The third-order valence-corrected chi connectivity index (χ3v) is 5.12. The molecule has 3 heterocycles. The van der Waals surface area contributed by atoms with Crippen molar-refractivity contribution in [2.24, 2.45) is 0 Å². The molecule has 8 heteroatoms. The lowest BCUT2D eigenvalue weighted by Gasteiger charge is -2.02. The van der Waals surface area contributed by atoms with Crippen LogP contribution < -0.4 is 5.56 Å². The van der Waals surface area contributed by atoms with Gasteiger partial charge in [-0.1, -0.05) is 53.2 Å². The summed E-state index contributed by atoms with van der Waals surface area (Å²) in [6.07, 6.45) is 3.40. The van der Waals surface area contributed by atoms with Crippen molar-refractivity contribution in [1.82, 2.24) is 24.3 Å². The van der Waals surface area contributed by atoms with E-state index in [4.69, 9.17) is 16.1 Å². The van der Waals surface area contributed by atoms with Gasteiger partial charge in [0.05, 0.1) is 5.69 Å². The lowest BCUT2D eigenvalue weighted by molar-refractivity contribution is 0.370. The quantitative estimate of drug-likeness (QED) is 0.437. The molecule has 3 aromatic heterocycles. The van der Waals surface area contributed by atoms with Gasteiger partial charge in [0, 0.05) is 28.5 Å². The second-order valence-electron chi connectivity index (χ2n) is 6.93. The van der Waals surface area contributed by atoms with E-state index in [2.05, 4.69) is 15.2 Å². The van der Waals surface area contributed by atoms with Crippen molar-refractivity contribution in [1.29, 1.82) is 0 Å². The maximum atomic E-state index is 13.0. The Morgan fingerprint density at radius 2 is 1.93 bits per heavy atom. The van der Waals surface area contributed by atoms with Crippen LogP contribution in [0.15, 0.2) is 76.3 Å². The zero-order valence-electron chi connectivity index (χ0n) is 16.0. The molecule has 0 saturated heterocycles. The van der Waals surface area contributed by atoms with Crippen LogP contribution >= 0.6 is 11.6 Å². The minimum atomic E-state index is -0.188. The number of fused-ring (bicyclic) bond motifs is 1. The van der Waals surface area contributed by atoms with E-state index >= 15 is 0 Å². The van der Waals surface area contributed by atoms with E-state index in [0.717, 1.165) is 22.4 Å². The lowest BCUT2D eigenvalue weighted by Crippen LogP contribution is -2.21. The van der Waals surface area contributed by atoms with Crippen molar-refractivity contribution in [3.05, 3.63) is 93.8 Å². The fraction of sp³-hybridized carbons (Fsp3) is 0.0909. The molecule has 30 heavy (non-hydrogen) atoms. The number of hydrogen-bond acceptors (Lipinski definition) is 5. The summed E-state index contributed by atoms with van der Waals surface area (Å²) in [6, 6.07) is 16.9. The van der Waals surface area contributed by atoms with Crippen molar-refractivity contribution in [3.63, 3.8) is 0 Å². The van der Waals surface area contributed by atoms with Crippen molar-refractivity contribution in [2.75, 3.05) is 0 Å². The van der Waals surface area contributed by atoms with Crippen LogP contribution in [0.4, 0.5) is 0 Å². The fourth-order valence-corrected chi connectivity index (χ4v) is 3.54. The molecule has 0 aliphatic heterocycles. The molecule has 0 atom stereocenters. The minimum absolute atomic E-state index is 0.160. The molecule has 2 aromatic carbocycles. The fourth-order valence-electron chi connectivity index (χ4n) is 3.35.